The maximum atomic E-state index is 12.8. The number of thiophene rings is 1. The van der Waals surface area contributed by atoms with Crippen molar-refractivity contribution < 1.29 is 9.53 Å². The van der Waals surface area contributed by atoms with Gasteiger partial charge in [0, 0.05) is 26.2 Å². The fraction of sp³-hybridized carbons (Fsp3) is 0.500. The molecule has 2 aromatic rings. The summed E-state index contributed by atoms with van der Waals surface area (Å²) in [4.78, 5) is 15.1. The van der Waals surface area contributed by atoms with E-state index in [9.17, 15) is 10.1 Å². The second-order valence-corrected chi connectivity index (χ2v) is 6.96. The molecule has 6 heteroatoms. The van der Waals surface area contributed by atoms with Crippen LogP contribution in [0.3, 0.4) is 0 Å². The first-order valence-electron chi connectivity index (χ1n) is 7.56. The fourth-order valence-corrected chi connectivity index (χ4v) is 4.25. The third kappa shape index (κ3) is 2.01. The zero-order valence-electron chi connectivity index (χ0n) is 12.2. The van der Waals surface area contributed by atoms with E-state index in [0.717, 1.165) is 43.1 Å². The molecule has 0 saturated carbocycles. The van der Waals surface area contributed by atoms with E-state index in [2.05, 4.69) is 11.0 Å². The van der Waals surface area contributed by atoms with E-state index >= 15 is 0 Å². The predicted octanol–water partition coefficient (Wildman–Crippen LogP) is 2.13. The molecule has 22 heavy (non-hydrogen) atoms. The topological polar surface area (TPSA) is 58.3 Å². The number of carbonyl (C=O) groups is 1. The molecule has 1 saturated heterocycles. The molecule has 0 aliphatic carbocycles. The number of nitriles is 1. The number of Topliss-reactive ketones (excluding diaryl/α,β-unsaturated/α-hetero) is 1. The number of carbonyl (C=O) groups excluding carboxylic acids is 1. The van der Waals surface area contributed by atoms with E-state index < -0.39 is 5.41 Å². The van der Waals surface area contributed by atoms with Gasteiger partial charge in [-0.05, 0) is 23.9 Å². The number of nitrogens with zero attached hydrogens (tertiary/aromatic N) is 3. The standard InChI is InChI=1S/C16H17N3O2S/c17-10-16(2-3-18-4-6-21-7-5-18)11-19-12-1-8-22-14(12)9-13(19)15(16)20/h1,8-9H,2-7,11H2. The average molecular weight is 315 g/mol. The summed E-state index contributed by atoms with van der Waals surface area (Å²) in [5.74, 6) is -0.00772. The van der Waals surface area contributed by atoms with Crippen LogP contribution in [0.2, 0.25) is 0 Å². The molecule has 1 atom stereocenters. The Kier molecular flexibility index (Phi) is 3.30. The van der Waals surface area contributed by atoms with Gasteiger partial charge < -0.3 is 9.30 Å². The van der Waals surface area contributed by atoms with Crippen LogP contribution in [0.5, 0.6) is 0 Å². The van der Waals surface area contributed by atoms with E-state index in [0.29, 0.717) is 18.7 Å². The number of hydrogen-bond donors (Lipinski definition) is 0. The van der Waals surface area contributed by atoms with Crippen molar-refractivity contribution in [3.05, 3.63) is 23.2 Å². The summed E-state index contributed by atoms with van der Waals surface area (Å²) in [6, 6.07) is 6.31. The Labute approximate surface area is 132 Å². The van der Waals surface area contributed by atoms with Gasteiger partial charge in [-0.2, -0.15) is 5.26 Å². The van der Waals surface area contributed by atoms with Crippen LogP contribution in [0, 0.1) is 16.7 Å². The molecule has 4 rings (SSSR count). The van der Waals surface area contributed by atoms with Crippen LogP contribution in [-0.2, 0) is 11.3 Å². The lowest BCUT2D eigenvalue weighted by Gasteiger charge is -2.29. The van der Waals surface area contributed by atoms with E-state index in [1.807, 2.05) is 22.1 Å². The van der Waals surface area contributed by atoms with Gasteiger partial charge in [-0.15, -0.1) is 11.3 Å². The van der Waals surface area contributed by atoms with Gasteiger partial charge in [0.15, 0.2) is 0 Å². The Morgan fingerprint density at radius 3 is 3.00 bits per heavy atom. The quantitative estimate of drug-likeness (QED) is 0.870. The van der Waals surface area contributed by atoms with Crippen molar-refractivity contribution >= 4 is 27.3 Å². The van der Waals surface area contributed by atoms with E-state index in [4.69, 9.17) is 4.74 Å². The molecule has 0 radical (unpaired) electrons. The smallest absolute Gasteiger partial charge is 0.201 e. The first-order valence-corrected chi connectivity index (χ1v) is 8.44. The minimum absolute atomic E-state index is 0.00772. The molecule has 1 unspecified atom stereocenters. The second-order valence-electron chi connectivity index (χ2n) is 6.01. The van der Waals surface area contributed by atoms with Gasteiger partial charge in [0.05, 0.1) is 35.2 Å². The van der Waals surface area contributed by atoms with Gasteiger partial charge in [0.25, 0.3) is 0 Å². The molecule has 0 N–H and O–H groups in total. The summed E-state index contributed by atoms with van der Waals surface area (Å²) in [5.41, 5.74) is 0.881. The fourth-order valence-electron chi connectivity index (χ4n) is 3.43. The highest BCUT2D eigenvalue weighted by Gasteiger charge is 2.47. The molecule has 1 fully saturated rings. The van der Waals surface area contributed by atoms with Crippen LogP contribution in [0.4, 0.5) is 0 Å². The molecule has 2 aliphatic rings. The van der Waals surface area contributed by atoms with Crippen LogP contribution in [0.1, 0.15) is 16.9 Å². The summed E-state index contributed by atoms with van der Waals surface area (Å²) in [7, 11) is 0. The van der Waals surface area contributed by atoms with E-state index in [-0.39, 0.29) is 5.78 Å². The summed E-state index contributed by atoms with van der Waals surface area (Å²) >= 11 is 1.64. The Hall–Kier alpha value is -1.68. The summed E-state index contributed by atoms with van der Waals surface area (Å²) in [5, 5.41) is 11.7. The lowest BCUT2D eigenvalue weighted by atomic mass is 9.82. The molecule has 4 heterocycles. The first kappa shape index (κ1) is 13.9. The van der Waals surface area contributed by atoms with E-state index in [1.165, 1.54) is 0 Å². The van der Waals surface area contributed by atoms with Crippen molar-refractivity contribution in [3.8, 4) is 6.07 Å². The highest BCUT2D eigenvalue weighted by molar-refractivity contribution is 7.17. The molecule has 5 nitrogen and oxygen atoms in total. The number of aromatic nitrogens is 1. The monoisotopic (exact) mass is 315 g/mol. The predicted molar refractivity (Wildman–Crippen MR) is 84.1 cm³/mol. The van der Waals surface area contributed by atoms with Crippen LogP contribution >= 0.6 is 11.3 Å². The molecule has 0 spiro atoms. The molecule has 114 valence electrons. The Bertz CT molecular complexity index is 766. The number of ether oxygens (including phenoxy) is 1. The molecule has 0 aromatic carbocycles. The number of hydrogen-bond acceptors (Lipinski definition) is 5. The molecular weight excluding hydrogens is 298 g/mol. The number of morpholine rings is 1. The maximum absolute atomic E-state index is 12.8. The van der Waals surface area contributed by atoms with Crippen molar-refractivity contribution in [1.82, 2.24) is 9.47 Å². The molecule has 2 aromatic heterocycles. The van der Waals surface area contributed by atoms with Crippen molar-refractivity contribution in [2.75, 3.05) is 32.8 Å². The summed E-state index contributed by atoms with van der Waals surface area (Å²) in [6.45, 7) is 4.52. The van der Waals surface area contributed by atoms with Crippen LogP contribution in [0.25, 0.3) is 10.2 Å². The zero-order valence-corrected chi connectivity index (χ0v) is 13.1. The van der Waals surface area contributed by atoms with Crippen molar-refractivity contribution in [1.29, 1.82) is 5.26 Å². The average Bonchev–Trinajstić information content (AvgIpc) is 3.20. The Morgan fingerprint density at radius 2 is 2.23 bits per heavy atom. The summed E-state index contributed by atoms with van der Waals surface area (Å²) in [6.07, 6.45) is 0.593. The van der Waals surface area contributed by atoms with Crippen LogP contribution < -0.4 is 0 Å². The molecular formula is C16H17N3O2S. The Balaban J connectivity index is 1.57. The summed E-state index contributed by atoms with van der Waals surface area (Å²) < 4.78 is 8.50. The Morgan fingerprint density at radius 1 is 1.41 bits per heavy atom. The third-order valence-corrected chi connectivity index (χ3v) is 5.64. The molecule has 0 amide bonds. The van der Waals surface area contributed by atoms with Crippen LogP contribution in [0.15, 0.2) is 17.5 Å². The third-order valence-electron chi connectivity index (χ3n) is 4.79. The lowest BCUT2D eigenvalue weighted by molar-refractivity contribution is 0.0332. The van der Waals surface area contributed by atoms with Gasteiger partial charge in [0.2, 0.25) is 5.78 Å². The number of rotatable bonds is 3. The first-order chi connectivity index (χ1) is 10.7. The minimum atomic E-state index is -0.899. The van der Waals surface area contributed by atoms with Gasteiger partial charge in [0.1, 0.15) is 5.41 Å². The van der Waals surface area contributed by atoms with E-state index in [1.54, 1.807) is 11.3 Å². The number of ketones is 1. The van der Waals surface area contributed by atoms with Crippen molar-refractivity contribution in [2.24, 2.45) is 5.41 Å². The van der Waals surface area contributed by atoms with Gasteiger partial charge in [-0.25, -0.2) is 0 Å². The number of fused-ring (bicyclic) bond motifs is 3. The highest BCUT2D eigenvalue weighted by Crippen LogP contribution is 2.40. The minimum Gasteiger partial charge on any atom is -0.379 e. The largest absolute Gasteiger partial charge is 0.379 e. The maximum Gasteiger partial charge on any atom is 0.201 e. The molecule has 0 bridgehead atoms. The highest BCUT2D eigenvalue weighted by atomic mass is 32.1. The van der Waals surface area contributed by atoms with Gasteiger partial charge in [-0.3, -0.25) is 9.69 Å². The van der Waals surface area contributed by atoms with Crippen molar-refractivity contribution in [2.45, 2.75) is 13.0 Å². The zero-order chi connectivity index (χ0) is 15.2. The normalized spacial score (nSPS) is 25.5. The van der Waals surface area contributed by atoms with Crippen LogP contribution in [-0.4, -0.2) is 48.1 Å². The van der Waals surface area contributed by atoms with Gasteiger partial charge >= 0.3 is 0 Å². The van der Waals surface area contributed by atoms with Crippen molar-refractivity contribution in [3.63, 3.8) is 0 Å². The molecule has 2 aliphatic heterocycles. The SMILES string of the molecule is N#CC1(CCN2CCOCC2)Cn2c(cc3sccc32)C1=O. The second kappa shape index (κ2) is 5.20. The van der Waals surface area contributed by atoms with Gasteiger partial charge in [-0.1, -0.05) is 0 Å². The lowest BCUT2D eigenvalue weighted by Crippen LogP contribution is -2.40.